The smallest absolute Gasteiger partial charge is 0.262 e. The molecule has 10 nitrogen and oxygen atoms in total. The van der Waals surface area contributed by atoms with E-state index in [1.54, 1.807) is 45.5 Å². The van der Waals surface area contributed by atoms with Crippen LogP contribution in [0.3, 0.4) is 0 Å². The normalized spacial score (nSPS) is 21.6. The van der Waals surface area contributed by atoms with Crippen molar-refractivity contribution >= 4 is 57.1 Å². The summed E-state index contributed by atoms with van der Waals surface area (Å²) in [5.41, 5.74) is 0.676. The maximum absolute atomic E-state index is 13.9. The maximum atomic E-state index is 13.9. The van der Waals surface area contributed by atoms with Crippen LogP contribution < -0.4 is 11.1 Å². The van der Waals surface area contributed by atoms with Crippen molar-refractivity contribution in [2.75, 3.05) is 37.7 Å². The third kappa shape index (κ3) is 7.64. The Kier molecular flexibility index (Phi) is 10.6. The molecule has 12 heteroatoms. The van der Waals surface area contributed by atoms with E-state index < -0.39 is 0 Å². The molecule has 0 aliphatic carbocycles. The van der Waals surface area contributed by atoms with E-state index in [0.29, 0.717) is 55.8 Å². The zero-order valence-electron chi connectivity index (χ0n) is 28.1. The lowest BCUT2D eigenvalue weighted by molar-refractivity contribution is -0.131. The highest BCUT2D eigenvalue weighted by molar-refractivity contribution is 8.00. The molecule has 4 heterocycles. The van der Waals surface area contributed by atoms with Crippen LogP contribution in [0.4, 0.5) is 0 Å². The zero-order valence-corrected chi connectivity index (χ0v) is 29.8. The lowest BCUT2D eigenvalue weighted by Gasteiger charge is -2.35. The van der Waals surface area contributed by atoms with Crippen molar-refractivity contribution in [3.05, 3.63) is 69.2 Å². The second kappa shape index (κ2) is 14.9. The number of amides is 2. The van der Waals surface area contributed by atoms with Gasteiger partial charge in [-0.3, -0.25) is 28.3 Å². The fourth-order valence-corrected chi connectivity index (χ4v) is 9.13. The molecule has 0 N–H and O–H groups in total. The molecule has 2 aliphatic rings. The monoisotopic (exact) mass is 688 g/mol. The number of benzene rings is 2. The molecular formula is C36H44N6O4S2. The molecule has 2 aromatic heterocycles. The van der Waals surface area contributed by atoms with E-state index in [0.717, 1.165) is 39.0 Å². The molecule has 254 valence electrons. The van der Waals surface area contributed by atoms with Gasteiger partial charge in [0.2, 0.25) is 11.8 Å². The minimum atomic E-state index is -0.227. The van der Waals surface area contributed by atoms with Crippen molar-refractivity contribution in [1.29, 1.82) is 0 Å². The minimum Gasteiger partial charge on any atom is -0.341 e. The van der Waals surface area contributed by atoms with E-state index in [1.807, 2.05) is 21.9 Å². The first-order chi connectivity index (χ1) is 23.1. The fourth-order valence-electron chi connectivity index (χ4n) is 7.28. The Bertz CT molecular complexity index is 1780. The Morgan fingerprint density at radius 1 is 0.625 bits per heavy atom. The van der Waals surface area contributed by atoms with E-state index in [1.165, 1.54) is 23.5 Å². The molecule has 2 saturated heterocycles. The van der Waals surface area contributed by atoms with Gasteiger partial charge in [-0.15, -0.1) is 0 Å². The minimum absolute atomic E-state index is 0.0307. The summed E-state index contributed by atoms with van der Waals surface area (Å²) in [6.45, 7) is 11.9. The van der Waals surface area contributed by atoms with Gasteiger partial charge >= 0.3 is 0 Å². The molecule has 4 aromatic rings. The largest absolute Gasteiger partial charge is 0.341 e. The first-order valence-corrected chi connectivity index (χ1v) is 18.8. The van der Waals surface area contributed by atoms with Crippen LogP contribution in [0.5, 0.6) is 0 Å². The maximum Gasteiger partial charge on any atom is 0.262 e. The molecule has 4 atom stereocenters. The molecule has 0 saturated carbocycles. The molecule has 48 heavy (non-hydrogen) atoms. The number of fused-ring (bicyclic) bond motifs is 2. The van der Waals surface area contributed by atoms with Crippen molar-refractivity contribution in [2.24, 2.45) is 23.7 Å². The van der Waals surface area contributed by atoms with E-state index >= 15 is 0 Å². The first-order valence-electron chi connectivity index (χ1n) is 16.9. The lowest BCUT2D eigenvalue weighted by Crippen LogP contribution is -2.43. The highest BCUT2D eigenvalue weighted by Crippen LogP contribution is 2.26. The van der Waals surface area contributed by atoms with Gasteiger partial charge in [0.05, 0.1) is 33.3 Å². The van der Waals surface area contributed by atoms with Crippen LogP contribution >= 0.6 is 23.5 Å². The van der Waals surface area contributed by atoms with Crippen molar-refractivity contribution in [1.82, 2.24) is 28.9 Å². The lowest BCUT2D eigenvalue weighted by atomic mass is 9.92. The van der Waals surface area contributed by atoms with Crippen LogP contribution in [0.25, 0.3) is 21.8 Å². The van der Waals surface area contributed by atoms with Gasteiger partial charge in [0, 0.05) is 39.3 Å². The van der Waals surface area contributed by atoms with E-state index in [9.17, 15) is 19.2 Å². The highest BCUT2D eigenvalue weighted by Gasteiger charge is 2.27. The SMILES string of the molecule is C[C@@H]1C[C@H](C)CN(C(=O)CSc2nc3ccccc3c(=O)n2CCn2c(SCC(=O)N3C[C@@H](C)C[C@H](C)C3)nc3ccccc3c2=O)C1. The van der Waals surface area contributed by atoms with Gasteiger partial charge in [-0.1, -0.05) is 75.5 Å². The molecule has 2 fully saturated rings. The van der Waals surface area contributed by atoms with Crippen LogP contribution in [0.1, 0.15) is 40.5 Å². The Morgan fingerprint density at radius 3 is 1.35 bits per heavy atom. The summed E-state index contributed by atoms with van der Waals surface area (Å²) in [4.78, 5) is 67.8. The van der Waals surface area contributed by atoms with Crippen molar-refractivity contribution in [3.8, 4) is 0 Å². The average Bonchev–Trinajstić information content (AvgIpc) is 3.05. The Balaban J connectivity index is 1.28. The highest BCUT2D eigenvalue weighted by atomic mass is 32.2. The summed E-state index contributed by atoms with van der Waals surface area (Å²) in [6, 6.07) is 14.4. The van der Waals surface area contributed by atoms with Crippen molar-refractivity contribution in [3.63, 3.8) is 0 Å². The number of carbonyl (C=O) groups is 2. The molecule has 2 aromatic carbocycles. The fraction of sp³-hybridized carbons (Fsp3) is 0.500. The number of carbonyl (C=O) groups excluding carboxylic acids is 2. The molecule has 0 spiro atoms. The number of nitrogens with zero attached hydrogens (tertiary/aromatic N) is 6. The molecule has 2 aliphatic heterocycles. The number of para-hydroxylation sites is 2. The van der Waals surface area contributed by atoms with Crippen molar-refractivity contribution < 1.29 is 9.59 Å². The molecule has 0 unspecified atom stereocenters. The summed E-state index contributed by atoms with van der Waals surface area (Å²) in [6.07, 6.45) is 2.22. The van der Waals surface area contributed by atoms with E-state index in [-0.39, 0.29) is 47.5 Å². The number of likely N-dealkylation sites (tertiary alicyclic amines) is 2. The van der Waals surface area contributed by atoms with Crippen LogP contribution in [0.2, 0.25) is 0 Å². The summed E-state index contributed by atoms with van der Waals surface area (Å²) < 4.78 is 3.14. The summed E-state index contributed by atoms with van der Waals surface area (Å²) in [5.74, 6) is 2.18. The standard InChI is InChI=1S/C36H44N6O4S2/c1-23-15-24(2)18-39(17-23)31(43)21-47-35-37-29-11-7-5-9-27(29)33(45)41(35)13-14-42-34(46)28-10-6-8-12-30(28)38-36(42)48-22-32(44)40-19-25(3)16-26(4)20-40/h5-12,23-26H,13-22H2,1-4H3/t23-,24-,25-,26+/m0/s1. The van der Waals surface area contributed by atoms with Gasteiger partial charge in [-0.25, -0.2) is 9.97 Å². The number of aromatic nitrogens is 4. The Morgan fingerprint density at radius 2 is 0.979 bits per heavy atom. The second-order valence-electron chi connectivity index (χ2n) is 13.8. The molecule has 2 amide bonds. The van der Waals surface area contributed by atoms with Gasteiger partial charge < -0.3 is 9.80 Å². The number of hydrogen-bond acceptors (Lipinski definition) is 8. The summed E-state index contributed by atoms with van der Waals surface area (Å²) in [7, 11) is 0. The number of rotatable bonds is 9. The third-order valence-electron chi connectivity index (χ3n) is 9.29. The van der Waals surface area contributed by atoms with Gasteiger partial charge in [0.15, 0.2) is 10.3 Å². The Hall–Kier alpha value is -3.64. The second-order valence-corrected chi connectivity index (χ2v) is 15.7. The predicted molar refractivity (Wildman–Crippen MR) is 193 cm³/mol. The third-order valence-corrected chi connectivity index (χ3v) is 11.2. The molecule has 6 rings (SSSR count). The van der Waals surface area contributed by atoms with Crippen LogP contribution in [-0.4, -0.2) is 78.4 Å². The summed E-state index contributed by atoms with van der Waals surface area (Å²) >= 11 is 2.52. The van der Waals surface area contributed by atoms with Gasteiger partial charge in [0.1, 0.15) is 0 Å². The molecular weight excluding hydrogens is 645 g/mol. The molecule has 0 bridgehead atoms. The topological polar surface area (TPSA) is 110 Å². The van der Waals surface area contributed by atoms with Gasteiger partial charge in [0.25, 0.3) is 11.1 Å². The number of thioether (sulfide) groups is 2. The zero-order chi connectivity index (χ0) is 33.9. The summed E-state index contributed by atoms with van der Waals surface area (Å²) in [5, 5.41) is 1.82. The Labute approximate surface area is 289 Å². The predicted octanol–water partition coefficient (Wildman–Crippen LogP) is 5.00. The first kappa shape index (κ1) is 34.2. The quantitative estimate of drug-likeness (QED) is 0.179. The number of piperidine rings is 2. The van der Waals surface area contributed by atoms with Gasteiger partial charge in [-0.05, 0) is 60.8 Å². The van der Waals surface area contributed by atoms with E-state index in [4.69, 9.17) is 9.97 Å². The van der Waals surface area contributed by atoms with Crippen molar-refractivity contribution in [2.45, 2.75) is 63.9 Å². The number of hydrogen-bond donors (Lipinski definition) is 0. The van der Waals surface area contributed by atoms with Crippen LogP contribution in [-0.2, 0) is 22.7 Å². The van der Waals surface area contributed by atoms with Gasteiger partial charge in [-0.2, -0.15) is 0 Å². The van der Waals surface area contributed by atoms with Crippen LogP contribution in [0.15, 0.2) is 68.4 Å². The average molecular weight is 689 g/mol. The van der Waals surface area contributed by atoms with Crippen LogP contribution in [0, 0.1) is 23.7 Å². The molecule has 0 radical (unpaired) electrons. The van der Waals surface area contributed by atoms with E-state index in [2.05, 4.69) is 27.7 Å².